The van der Waals surface area contributed by atoms with Crippen molar-refractivity contribution in [3.05, 3.63) is 78.4 Å². The average molecular weight is 717 g/mol. The van der Waals surface area contributed by atoms with Crippen LogP contribution in [0.15, 0.2) is 53.6 Å². The number of aliphatic hydroxyl groups excluding tert-OH is 2. The molecule has 0 spiro atoms. The number of ether oxygens (including phenoxy) is 2. The molecule has 1 aliphatic carbocycles. The summed E-state index contributed by atoms with van der Waals surface area (Å²) >= 11 is 14.5. The van der Waals surface area contributed by atoms with Crippen LogP contribution in [-0.2, 0) is 16.1 Å². The first-order valence-electron chi connectivity index (χ1n) is 12.7. The Balaban J connectivity index is 2.09. The third-order valence-corrected chi connectivity index (χ3v) is 7.70. The summed E-state index contributed by atoms with van der Waals surface area (Å²) in [7, 11) is 1.42. The molecule has 0 heterocycles. The van der Waals surface area contributed by atoms with Crippen LogP contribution in [0.2, 0.25) is 10.0 Å². The van der Waals surface area contributed by atoms with Crippen molar-refractivity contribution in [3.8, 4) is 11.5 Å². The van der Waals surface area contributed by atoms with Crippen LogP contribution in [0, 0.1) is 3.57 Å². The lowest BCUT2D eigenvalue weighted by atomic mass is 9.87. The molecule has 0 fully saturated rings. The van der Waals surface area contributed by atoms with Crippen LogP contribution in [0.1, 0.15) is 36.2 Å². The first kappa shape index (κ1) is 32.9. The second-order valence-electron chi connectivity index (χ2n) is 9.59. The van der Waals surface area contributed by atoms with E-state index < -0.39 is 30.1 Å². The van der Waals surface area contributed by atoms with Crippen molar-refractivity contribution in [1.82, 2.24) is 10.2 Å². The molecule has 220 valence electrons. The normalized spacial score (nSPS) is 18.1. The second-order valence-corrected chi connectivity index (χ2v) is 11.6. The molecule has 1 aliphatic rings. The molecule has 3 unspecified atom stereocenters. The van der Waals surface area contributed by atoms with Crippen LogP contribution >= 0.6 is 45.8 Å². The van der Waals surface area contributed by atoms with Gasteiger partial charge in [-0.1, -0.05) is 34.8 Å². The highest BCUT2D eigenvalue weighted by Gasteiger charge is 2.41. The van der Waals surface area contributed by atoms with Crippen LogP contribution in [0.4, 0.5) is 0 Å². The summed E-state index contributed by atoms with van der Waals surface area (Å²) in [6.45, 7) is 3.34. The number of nitrogens with one attached hydrogen (secondary N) is 1. The van der Waals surface area contributed by atoms with E-state index in [0.717, 1.165) is 5.57 Å². The zero-order valence-corrected chi connectivity index (χ0v) is 26.4. The SMILES string of the molecule is COc1cc(C=O)cc(I)c1OC1C=C(C(=O)NCCO)CC(N(Cc2ccc(Cl)cc2Cl)C(=O)C=C(C)C)C1O. The standard InChI is InChI=1S/C29H31Cl2IN2O7/c1-16(2)8-26(37)34(14-18-4-5-20(30)13-21(18)31)23-11-19(29(39)33-6-7-35)12-24(27(23)38)41-28-22(32)9-17(15-36)10-25(28)40-3/h4-5,8-10,12-13,15,23-24,27,35,38H,6-7,11,14H2,1-3H3,(H,33,39). The highest BCUT2D eigenvalue weighted by Crippen LogP contribution is 2.37. The smallest absolute Gasteiger partial charge is 0.247 e. The highest BCUT2D eigenvalue weighted by atomic mass is 127. The maximum absolute atomic E-state index is 13.5. The molecule has 3 rings (SSSR count). The van der Waals surface area contributed by atoms with Crippen molar-refractivity contribution in [2.45, 2.75) is 45.1 Å². The van der Waals surface area contributed by atoms with Crippen LogP contribution < -0.4 is 14.8 Å². The number of allylic oxidation sites excluding steroid dienone is 1. The number of rotatable bonds is 11. The lowest BCUT2D eigenvalue weighted by molar-refractivity contribution is -0.134. The van der Waals surface area contributed by atoms with Crippen molar-refractivity contribution in [2.24, 2.45) is 0 Å². The van der Waals surface area contributed by atoms with Gasteiger partial charge in [-0.05, 0) is 72.3 Å². The predicted molar refractivity (Wildman–Crippen MR) is 165 cm³/mol. The minimum atomic E-state index is -1.28. The number of nitrogens with zero attached hydrogens (tertiary/aromatic N) is 1. The summed E-state index contributed by atoms with van der Waals surface area (Å²) < 4.78 is 12.2. The van der Waals surface area contributed by atoms with Crippen molar-refractivity contribution in [1.29, 1.82) is 0 Å². The second kappa shape index (κ2) is 15.0. The molecule has 0 saturated heterocycles. The number of methoxy groups -OCH3 is 1. The molecule has 3 atom stereocenters. The molecule has 0 saturated carbocycles. The molecule has 2 amide bonds. The molecule has 3 N–H and O–H groups in total. The van der Waals surface area contributed by atoms with Gasteiger partial charge in [0.1, 0.15) is 18.5 Å². The largest absolute Gasteiger partial charge is 0.493 e. The van der Waals surface area contributed by atoms with Gasteiger partial charge in [0.2, 0.25) is 11.8 Å². The zero-order valence-electron chi connectivity index (χ0n) is 22.7. The number of hydrogen-bond donors (Lipinski definition) is 3. The van der Waals surface area contributed by atoms with E-state index in [1.165, 1.54) is 30.2 Å². The fourth-order valence-corrected chi connectivity index (χ4v) is 5.58. The van der Waals surface area contributed by atoms with Crippen LogP contribution in [0.3, 0.4) is 0 Å². The third kappa shape index (κ3) is 8.45. The Morgan fingerprint density at radius 3 is 2.56 bits per heavy atom. The van der Waals surface area contributed by atoms with Gasteiger partial charge in [-0.25, -0.2) is 0 Å². The molecule has 0 radical (unpaired) electrons. The summed E-state index contributed by atoms with van der Waals surface area (Å²) in [6.07, 6.45) is 1.25. The Kier molecular flexibility index (Phi) is 12.0. The number of aliphatic hydroxyl groups is 2. The summed E-state index contributed by atoms with van der Waals surface area (Å²) in [5.41, 5.74) is 1.97. The summed E-state index contributed by atoms with van der Waals surface area (Å²) in [4.78, 5) is 39.4. The Morgan fingerprint density at radius 2 is 1.95 bits per heavy atom. The lowest BCUT2D eigenvalue weighted by Gasteiger charge is -2.40. The molecule has 2 aromatic carbocycles. The van der Waals surface area contributed by atoms with E-state index in [-0.39, 0.29) is 43.2 Å². The van der Waals surface area contributed by atoms with E-state index in [4.69, 9.17) is 32.7 Å². The number of amides is 2. The van der Waals surface area contributed by atoms with Gasteiger partial charge in [-0.3, -0.25) is 14.4 Å². The van der Waals surface area contributed by atoms with Gasteiger partial charge < -0.3 is 29.9 Å². The minimum Gasteiger partial charge on any atom is -0.493 e. The quantitative estimate of drug-likeness (QED) is 0.180. The first-order valence-corrected chi connectivity index (χ1v) is 14.5. The molecule has 0 bridgehead atoms. The summed E-state index contributed by atoms with van der Waals surface area (Å²) in [6, 6.07) is 7.11. The monoisotopic (exact) mass is 716 g/mol. The Bertz CT molecular complexity index is 1360. The van der Waals surface area contributed by atoms with E-state index in [1.54, 1.807) is 38.1 Å². The van der Waals surface area contributed by atoms with Crippen LogP contribution in [0.5, 0.6) is 11.5 Å². The summed E-state index contributed by atoms with van der Waals surface area (Å²) in [5.74, 6) is -0.337. The molecule has 0 aliphatic heterocycles. The highest BCUT2D eigenvalue weighted by molar-refractivity contribution is 14.1. The van der Waals surface area contributed by atoms with Crippen molar-refractivity contribution >= 4 is 63.9 Å². The Labute approximate surface area is 262 Å². The number of hydrogen-bond acceptors (Lipinski definition) is 7. The maximum atomic E-state index is 13.5. The number of halogens is 3. The summed E-state index contributed by atoms with van der Waals surface area (Å²) in [5, 5.41) is 24.3. The number of carbonyl (C=O) groups excluding carboxylic acids is 3. The van der Waals surface area contributed by atoms with Gasteiger partial charge in [0.05, 0.1) is 23.3 Å². The Morgan fingerprint density at radius 1 is 1.22 bits per heavy atom. The van der Waals surface area contributed by atoms with Gasteiger partial charge in [0, 0.05) is 46.8 Å². The van der Waals surface area contributed by atoms with Gasteiger partial charge in [-0.2, -0.15) is 0 Å². The zero-order chi connectivity index (χ0) is 30.3. The molecular formula is C29H31Cl2IN2O7. The maximum Gasteiger partial charge on any atom is 0.247 e. The van der Waals surface area contributed by atoms with Crippen LogP contribution in [0.25, 0.3) is 0 Å². The van der Waals surface area contributed by atoms with Crippen molar-refractivity contribution in [3.63, 3.8) is 0 Å². The Hall–Kier alpha value is -2.64. The topological polar surface area (TPSA) is 125 Å². The minimum absolute atomic E-state index is 0.00411. The van der Waals surface area contributed by atoms with Gasteiger partial charge in [0.15, 0.2) is 11.5 Å². The molecule has 9 nitrogen and oxygen atoms in total. The van der Waals surface area contributed by atoms with Gasteiger partial charge in [0.25, 0.3) is 0 Å². The van der Waals surface area contributed by atoms with E-state index in [2.05, 4.69) is 5.32 Å². The van der Waals surface area contributed by atoms with E-state index >= 15 is 0 Å². The third-order valence-electron chi connectivity index (χ3n) is 6.31. The number of carbonyl (C=O) groups is 3. The van der Waals surface area contributed by atoms with Crippen LogP contribution in [-0.4, -0.2) is 71.7 Å². The molecule has 41 heavy (non-hydrogen) atoms. The first-order chi connectivity index (χ1) is 19.5. The molecule has 2 aromatic rings. The molecule has 0 aromatic heterocycles. The number of aldehydes is 1. The van der Waals surface area contributed by atoms with Crippen molar-refractivity contribution in [2.75, 3.05) is 20.3 Å². The van der Waals surface area contributed by atoms with Gasteiger partial charge >= 0.3 is 0 Å². The van der Waals surface area contributed by atoms with Gasteiger partial charge in [-0.15, -0.1) is 0 Å². The fourth-order valence-electron chi connectivity index (χ4n) is 4.36. The van der Waals surface area contributed by atoms with E-state index in [0.29, 0.717) is 31.0 Å². The van der Waals surface area contributed by atoms with Crippen molar-refractivity contribution < 1.29 is 34.1 Å². The average Bonchev–Trinajstić information content (AvgIpc) is 2.92. The predicted octanol–water partition coefficient (Wildman–Crippen LogP) is 4.33. The molecule has 12 heteroatoms. The number of benzene rings is 2. The fraction of sp³-hybridized carbons (Fsp3) is 0.345. The van der Waals surface area contributed by atoms with E-state index in [9.17, 15) is 24.6 Å². The molecular weight excluding hydrogens is 686 g/mol. The lowest BCUT2D eigenvalue weighted by Crippen LogP contribution is -2.54. The van der Waals surface area contributed by atoms with E-state index in [1.807, 2.05) is 22.6 Å².